The Morgan fingerprint density at radius 1 is 1.07 bits per heavy atom. The molecule has 0 aliphatic rings. The molecule has 6 nitrogen and oxygen atoms in total. The number of carbonyl (C=O) groups excluding carboxylic acids is 1. The Bertz CT molecular complexity index is 1210. The van der Waals surface area contributed by atoms with Gasteiger partial charge in [-0.1, -0.05) is 39.7 Å². The van der Waals surface area contributed by atoms with Gasteiger partial charge in [-0.15, -0.1) is 5.10 Å². The van der Waals surface area contributed by atoms with Crippen LogP contribution in [0, 0.1) is 20.8 Å². The second kappa shape index (κ2) is 7.75. The summed E-state index contributed by atoms with van der Waals surface area (Å²) in [5.74, 6) is 1.06. The van der Waals surface area contributed by atoms with E-state index in [4.69, 9.17) is 0 Å². The van der Waals surface area contributed by atoms with Crippen molar-refractivity contribution in [1.29, 1.82) is 0 Å². The Kier molecular flexibility index (Phi) is 5.15. The number of halogens is 1. The van der Waals surface area contributed by atoms with E-state index in [1.165, 1.54) is 0 Å². The predicted octanol–water partition coefficient (Wildman–Crippen LogP) is 4.66. The molecule has 29 heavy (non-hydrogen) atoms. The van der Waals surface area contributed by atoms with E-state index in [0.29, 0.717) is 11.6 Å². The zero-order valence-corrected chi connectivity index (χ0v) is 18.0. The van der Waals surface area contributed by atoms with Crippen molar-refractivity contribution >= 4 is 33.3 Å². The van der Waals surface area contributed by atoms with Crippen LogP contribution < -0.4 is 5.32 Å². The number of anilines is 1. The molecule has 0 aliphatic carbocycles. The molecule has 0 radical (unpaired) electrons. The van der Waals surface area contributed by atoms with Gasteiger partial charge < -0.3 is 5.32 Å². The van der Waals surface area contributed by atoms with Gasteiger partial charge in [0, 0.05) is 32.7 Å². The van der Waals surface area contributed by atoms with Gasteiger partial charge in [-0.05, 0) is 51.1 Å². The first-order valence-electron chi connectivity index (χ1n) is 9.26. The van der Waals surface area contributed by atoms with E-state index in [2.05, 4.69) is 36.3 Å². The molecule has 4 aromatic rings. The van der Waals surface area contributed by atoms with E-state index in [9.17, 15) is 4.79 Å². The highest BCUT2D eigenvalue weighted by molar-refractivity contribution is 9.10. The summed E-state index contributed by atoms with van der Waals surface area (Å²) in [4.78, 5) is 21.7. The summed E-state index contributed by atoms with van der Waals surface area (Å²) in [6, 6.07) is 15.5. The Hall–Kier alpha value is -3.06. The van der Waals surface area contributed by atoms with E-state index in [0.717, 1.165) is 38.2 Å². The number of amides is 1. The molecule has 0 saturated carbocycles. The molecule has 0 atom stereocenters. The fourth-order valence-corrected chi connectivity index (χ4v) is 3.53. The summed E-state index contributed by atoms with van der Waals surface area (Å²) < 4.78 is 2.68. The first-order valence-corrected chi connectivity index (χ1v) is 10.1. The van der Waals surface area contributed by atoms with Crippen molar-refractivity contribution in [1.82, 2.24) is 19.6 Å². The second-order valence-corrected chi connectivity index (χ2v) is 7.93. The van der Waals surface area contributed by atoms with Crippen molar-refractivity contribution in [2.75, 3.05) is 5.32 Å². The standard InChI is InChI=1S/C22H20BrN5O/c1-13-5-4-6-16(11-13)21-26-22-24-14(2)19(15(3)28(22)27-21)12-20(29)25-18-9-7-17(23)8-10-18/h4-11H,12H2,1-3H3,(H,25,29). The zero-order chi connectivity index (χ0) is 20.5. The molecular weight excluding hydrogens is 430 g/mol. The number of carbonyl (C=O) groups is 1. The molecule has 2 aromatic carbocycles. The highest BCUT2D eigenvalue weighted by Gasteiger charge is 2.17. The van der Waals surface area contributed by atoms with Crippen LogP contribution in [0.3, 0.4) is 0 Å². The fourth-order valence-electron chi connectivity index (χ4n) is 3.27. The van der Waals surface area contributed by atoms with Gasteiger partial charge >= 0.3 is 0 Å². The minimum atomic E-state index is -0.0984. The van der Waals surface area contributed by atoms with E-state index in [-0.39, 0.29) is 12.3 Å². The van der Waals surface area contributed by atoms with Gasteiger partial charge in [-0.2, -0.15) is 4.98 Å². The van der Waals surface area contributed by atoms with Gasteiger partial charge in [0.1, 0.15) is 0 Å². The lowest BCUT2D eigenvalue weighted by Gasteiger charge is -2.11. The number of fused-ring (bicyclic) bond motifs is 1. The number of aryl methyl sites for hydroxylation is 3. The number of benzene rings is 2. The minimum absolute atomic E-state index is 0.0984. The molecule has 0 bridgehead atoms. The quantitative estimate of drug-likeness (QED) is 0.491. The molecule has 0 fully saturated rings. The van der Waals surface area contributed by atoms with Crippen molar-refractivity contribution in [2.45, 2.75) is 27.2 Å². The molecule has 4 rings (SSSR count). The summed E-state index contributed by atoms with van der Waals surface area (Å²) in [5.41, 5.74) is 5.35. The average Bonchev–Trinajstić information content (AvgIpc) is 3.11. The van der Waals surface area contributed by atoms with Crippen molar-refractivity contribution in [3.63, 3.8) is 0 Å². The first-order chi connectivity index (χ1) is 13.9. The lowest BCUT2D eigenvalue weighted by molar-refractivity contribution is -0.115. The number of nitrogens with one attached hydrogen (secondary N) is 1. The van der Waals surface area contributed by atoms with Crippen molar-refractivity contribution in [2.24, 2.45) is 0 Å². The molecule has 0 unspecified atom stereocenters. The van der Waals surface area contributed by atoms with Crippen LogP contribution in [0.2, 0.25) is 0 Å². The van der Waals surface area contributed by atoms with Gasteiger partial charge in [0.25, 0.3) is 5.78 Å². The van der Waals surface area contributed by atoms with Crippen molar-refractivity contribution in [3.05, 3.63) is 75.5 Å². The summed E-state index contributed by atoms with van der Waals surface area (Å²) in [6.07, 6.45) is 0.219. The molecule has 0 spiro atoms. The zero-order valence-electron chi connectivity index (χ0n) is 16.4. The molecule has 0 aliphatic heterocycles. The summed E-state index contributed by atoms with van der Waals surface area (Å²) in [6.45, 7) is 5.88. The van der Waals surface area contributed by atoms with Gasteiger partial charge in [0.05, 0.1) is 6.42 Å². The molecular formula is C22H20BrN5O. The van der Waals surface area contributed by atoms with Crippen LogP contribution in [-0.4, -0.2) is 25.5 Å². The Morgan fingerprint density at radius 3 is 2.55 bits per heavy atom. The smallest absolute Gasteiger partial charge is 0.253 e. The largest absolute Gasteiger partial charge is 0.326 e. The van der Waals surface area contributed by atoms with Crippen LogP contribution in [0.5, 0.6) is 0 Å². The van der Waals surface area contributed by atoms with Crippen LogP contribution in [0.25, 0.3) is 17.2 Å². The van der Waals surface area contributed by atoms with Gasteiger partial charge in [-0.25, -0.2) is 9.50 Å². The maximum atomic E-state index is 12.6. The highest BCUT2D eigenvalue weighted by Crippen LogP contribution is 2.21. The SMILES string of the molecule is Cc1cccc(-c2nc3nc(C)c(CC(=O)Nc4ccc(Br)cc4)c(C)n3n2)c1. The molecule has 2 aromatic heterocycles. The number of hydrogen-bond acceptors (Lipinski definition) is 4. The van der Waals surface area contributed by atoms with Crippen molar-refractivity contribution in [3.8, 4) is 11.4 Å². The van der Waals surface area contributed by atoms with Crippen LogP contribution in [0.4, 0.5) is 5.69 Å². The Morgan fingerprint density at radius 2 is 1.83 bits per heavy atom. The third-order valence-electron chi connectivity index (χ3n) is 4.79. The van der Waals surface area contributed by atoms with Gasteiger partial charge in [0.2, 0.25) is 5.91 Å². The third-order valence-corrected chi connectivity index (χ3v) is 5.32. The number of nitrogens with zero attached hydrogens (tertiary/aromatic N) is 4. The topological polar surface area (TPSA) is 72.2 Å². The van der Waals surface area contributed by atoms with Crippen molar-refractivity contribution < 1.29 is 4.79 Å². The maximum Gasteiger partial charge on any atom is 0.253 e. The molecule has 2 heterocycles. The monoisotopic (exact) mass is 449 g/mol. The van der Waals surface area contributed by atoms with Crippen LogP contribution in [0.15, 0.2) is 53.0 Å². The Balaban J connectivity index is 1.64. The average molecular weight is 450 g/mol. The number of aromatic nitrogens is 4. The van der Waals surface area contributed by atoms with E-state index in [1.807, 2.05) is 69.3 Å². The van der Waals surface area contributed by atoms with Crippen LogP contribution in [0.1, 0.15) is 22.5 Å². The highest BCUT2D eigenvalue weighted by atomic mass is 79.9. The lowest BCUT2D eigenvalue weighted by atomic mass is 10.1. The van der Waals surface area contributed by atoms with E-state index in [1.54, 1.807) is 4.52 Å². The van der Waals surface area contributed by atoms with E-state index < -0.39 is 0 Å². The number of rotatable bonds is 4. The fraction of sp³-hybridized carbons (Fsp3) is 0.182. The molecule has 146 valence electrons. The summed E-state index contributed by atoms with van der Waals surface area (Å²) in [5, 5.41) is 7.56. The van der Waals surface area contributed by atoms with Gasteiger partial charge in [0.15, 0.2) is 5.82 Å². The number of hydrogen-bond donors (Lipinski definition) is 1. The summed E-state index contributed by atoms with van der Waals surface area (Å²) in [7, 11) is 0. The normalized spacial score (nSPS) is 11.0. The second-order valence-electron chi connectivity index (χ2n) is 7.01. The Labute approximate surface area is 177 Å². The molecule has 1 N–H and O–H groups in total. The summed E-state index contributed by atoms with van der Waals surface area (Å²) >= 11 is 3.39. The molecule has 7 heteroatoms. The van der Waals surface area contributed by atoms with Crippen LogP contribution >= 0.6 is 15.9 Å². The molecule has 1 amide bonds. The van der Waals surface area contributed by atoms with Crippen LogP contribution in [-0.2, 0) is 11.2 Å². The lowest BCUT2D eigenvalue weighted by Crippen LogP contribution is -2.17. The van der Waals surface area contributed by atoms with Gasteiger partial charge in [-0.3, -0.25) is 4.79 Å². The maximum absolute atomic E-state index is 12.6. The molecule has 0 saturated heterocycles. The third kappa shape index (κ3) is 4.05. The predicted molar refractivity (Wildman–Crippen MR) is 117 cm³/mol. The first kappa shape index (κ1) is 19.3. The minimum Gasteiger partial charge on any atom is -0.326 e. The van der Waals surface area contributed by atoms with E-state index >= 15 is 0 Å².